The Morgan fingerprint density at radius 3 is 1.53 bits per heavy atom. The van der Waals surface area contributed by atoms with Gasteiger partial charge in [-0.1, -0.05) is 13.2 Å². The van der Waals surface area contributed by atoms with E-state index in [1.54, 1.807) is 6.92 Å². The van der Waals surface area contributed by atoms with E-state index in [0.717, 1.165) is 0 Å². The first-order valence-electron chi connectivity index (χ1n) is 4.53. The fraction of sp³-hybridized carbons (Fsp3) is 0.455. The normalized spacial score (nSPS) is 8.60. The zero-order chi connectivity index (χ0) is 12.6. The monoisotopic (exact) mass is 213 g/mol. The number of aliphatic carboxylic acids is 1. The molecule has 0 aliphatic heterocycles. The molecule has 0 saturated carbocycles. The molecule has 1 amide bonds. The lowest BCUT2D eigenvalue weighted by molar-refractivity contribution is -0.132. The molecule has 0 aliphatic rings. The molecular formula is C11H19NO3. The summed E-state index contributed by atoms with van der Waals surface area (Å²) in [5.74, 6) is -1.000. The molecule has 15 heavy (non-hydrogen) atoms. The van der Waals surface area contributed by atoms with Crippen molar-refractivity contribution < 1.29 is 14.7 Å². The van der Waals surface area contributed by atoms with E-state index in [-0.39, 0.29) is 17.5 Å². The summed E-state index contributed by atoms with van der Waals surface area (Å²) < 4.78 is 0. The lowest BCUT2D eigenvalue weighted by Gasteiger charge is -2.06. The molecule has 0 saturated heterocycles. The molecule has 0 heterocycles. The maximum atomic E-state index is 10.7. The molecule has 0 aliphatic carbocycles. The first-order valence-corrected chi connectivity index (χ1v) is 4.53. The summed E-state index contributed by atoms with van der Waals surface area (Å²) in [6.07, 6.45) is 0. The molecule has 0 aromatic rings. The largest absolute Gasteiger partial charge is 0.478 e. The Morgan fingerprint density at radius 1 is 1.13 bits per heavy atom. The van der Waals surface area contributed by atoms with Crippen molar-refractivity contribution in [1.29, 1.82) is 0 Å². The van der Waals surface area contributed by atoms with Crippen molar-refractivity contribution in [3.63, 3.8) is 0 Å². The van der Waals surface area contributed by atoms with Gasteiger partial charge in [-0.05, 0) is 27.7 Å². The van der Waals surface area contributed by atoms with Crippen LogP contribution in [0.4, 0.5) is 0 Å². The Morgan fingerprint density at radius 2 is 1.47 bits per heavy atom. The summed E-state index contributed by atoms with van der Waals surface area (Å²) in [7, 11) is 0. The minimum atomic E-state index is -0.935. The van der Waals surface area contributed by atoms with Crippen molar-refractivity contribution in [2.45, 2.75) is 33.7 Å². The molecule has 0 spiro atoms. The highest BCUT2D eigenvalue weighted by Gasteiger charge is 2.00. The maximum absolute atomic E-state index is 10.7. The molecule has 0 bridgehead atoms. The quantitative estimate of drug-likeness (QED) is 0.702. The Kier molecular flexibility index (Phi) is 8.24. The molecule has 4 heteroatoms. The van der Waals surface area contributed by atoms with Crippen LogP contribution in [0.2, 0.25) is 0 Å². The molecule has 4 nitrogen and oxygen atoms in total. The van der Waals surface area contributed by atoms with Gasteiger partial charge in [0.2, 0.25) is 5.91 Å². The van der Waals surface area contributed by atoms with E-state index < -0.39 is 5.97 Å². The number of carbonyl (C=O) groups is 2. The van der Waals surface area contributed by atoms with Gasteiger partial charge in [-0.15, -0.1) is 0 Å². The molecule has 2 N–H and O–H groups in total. The van der Waals surface area contributed by atoms with E-state index in [1.807, 2.05) is 13.8 Å². The highest BCUT2D eigenvalue weighted by Crippen LogP contribution is 1.87. The topological polar surface area (TPSA) is 66.4 Å². The zero-order valence-electron chi connectivity index (χ0n) is 9.76. The molecule has 0 fully saturated rings. The van der Waals surface area contributed by atoms with Crippen LogP contribution in [0, 0.1) is 0 Å². The first-order chi connectivity index (χ1) is 6.68. The molecular weight excluding hydrogens is 194 g/mol. The smallest absolute Gasteiger partial charge is 0.330 e. The van der Waals surface area contributed by atoms with Crippen LogP contribution in [0.3, 0.4) is 0 Å². The van der Waals surface area contributed by atoms with Crippen molar-refractivity contribution in [3.8, 4) is 0 Å². The van der Waals surface area contributed by atoms with Gasteiger partial charge in [-0.25, -0.2) is 4.79 Å². The summed E-state index contributed by atoms with van der Waals surface area (Å²) in [6.45, 7) is 13.6. The van der Waals surface area contributed by atoms with Gasteiger partial charge in [-0.3, -0.25) is 4.79 Å². The SMILES string of the molecule is C=C(C)C(=O)NC(C)C.C=C(C)C(=O)O. The molecule has 0 radical (unpaired) electrons. The molecule has 0 unspecified atom stereocenters. The summed E-state index contributed by atoms with van der Waals surface area (Å²) >= 11 is 0. The van der Waals surface area contributed by atoms with E-state index in [0.29, 0.717) is 5.57 Å². The number of hydrogen-bond acceptors (Lipinski definition) is 2. The Labute approximate surface area is 90.7 Å². The van der Waals surface area contributed by atoms with E-state index in [1.165, 1.54) is 6.92 Å². The number of rotatable bonds is 3. The van der Waals surface area contributed by atoms with Crippen LogP contribution in [0.15, 0.2) is 24.3 Å². The van der Waals surface area contributed by atoms with Crippen LogP contribution in [0.5, 0.6) is 0 Å². The Balaban J connectivity index is 0. The lowest BCUT2D eigenvalue weighted by Crippen LogP contribution is -2.30. The lowest BCUT2D eigenvalue weighted by atomic mass is 10.3. The zero-order valence-corrected chi connectivity index (χ0v) is 9.76. The third-order valence-electron chi connectivity index (χ3n) is 1.17. The number of carboxylic acids is 1. The van der Waals surface area contributed by atoms with Crippen molar-refractivity contribution >= 4 is 11.9 Å². The highest BCUT2D eigenvalue weighted by atomic mass is 16.4. The van der Waals surface area contributed by atoms with Gasteiger partial charge >= 0.3 is 5.97 Å². The second-order valence-corrected chi connectivity index (χ2v) is 3.49. The summed E-state index contributed by atoms with van der Waals surface area (Å²) in [4.78, 5) is 20.3. The predicted molar refractivity (Wildman–Crippen MR) is 60.5 cm³/mol. The van der Waals surface area contributed by atoms with Gasteiger partial charge in [0.1, 0.15) is 0 Å². The van der Waals surface area contributed by atoms with Crippen LogP contribution < -0.4 is 5.32 Å². The summed E-state index contributed by atoms with van der Waals surface area (Å²) in [6, 6.07) is 0.203. The van der Waals surface area contributed by atoms with E-state index in [4.69, 9.17) is 5.11 Å². The fourth-order valence-electron chi connectivity index (χ4n) is 0.385. The van der Waals surface area contributed by atoms with Crippen LogP contribution in [-0.2, 0) is 9.59 Å². The van der Waals surface area contributed by atoms with Crippen molar-refractivity contribution in [2.75, 3.05) is 0 Å². The van der Waals surface area contributed by atoms with Gasteiger partial charge < -0.3 is 10.4 Å². The first kappa shape index (κ1) is 15.9. The minimum Gasteiger partial charge on any atom is -0.478 e. The highest BCUT2D eigenvalue weighted by molar-refractivity contribution is 5.92. The molecule has 0 atom stereocenters. The summed E-state index contributed by atoms with van der Waals surface area (Å²) in [5.41, 5.74) is 0.735. The number of carboxylic acid groups (broad SMARTS) is 1. The van der Waals surface area contributed by atoms with E-state index in [2.05, 4.69) is 18.5 Å². The van der Waals surface area contributed by atoms with Gasteiger partial charge in [0.05, 0.1) is 0 Å². The standard InChI is InChI=1S/C7H13NO.C4H6O2/c1-5(2)7(9)8-6(3)4;1-3(2)4(5)6/h6H,1H2,2-4H3,(H,8,9);1H2,2H3,(H,5,6). The van der Waals surface area contributed by atoms with E-state index in [9.17, 15) is 9.59 Å². The third-order valence-corrected chi connectivity index (χ3v) is 1.17. The Hall–Kier alpha value is -1.58. The van der Waals surface area contributed by atoms with Gasteiger partial charge in [0, 0.05) is 17.2 Å². The molecule has 0 rings (SSSR count). The third kappa shape index (κ3) is 12.4. The minimum absolute atomic E-state index is 0.0648. The molecule has 86 valence electrons. The van der Waals surface area contributed by atoms with Gasteiger partial charge in [0.15, 0.2) is 0 Å². The Bertz CT molecular complexity index is 255. The number of amides is 1. The van der Waals surface area contributed by atoms with Gasteiger partial charge in [-0.2, -0.15) is 0 Å². The van der Waals surface area contributed by atoms with Crippen molar-refractivity contribution in [2.24, 2.45) is 0 Å². The molecule has 0 aromatic carbocycles. The van der Waals surface area contributed by atoms with Crippen LogP contribution in [-0.4, -0.2) is 23.0 Å². The van der Waals surface area contributed by atoms with Crippen LogP contribution in [0.1, 0.15) is 27.7 Å². The number of hydrogen-bond donors (Lipinski definition) is 2. The second-order valence-electron chi connectivity index (χ2n) is 3.49. The van der Waals surface area contributed by atoms with Crippen molar-refractivity contribution in [1.82, 2.24) is 5.32 Å². The molecule has 0 aromatic heterocycles. The van der Waals surface area contributed by atoms with Crippen LogP contribution >= 0.6 is 0 Å². The van der Waals surface area contributed by atoms with Gasteiger partial charge in [0.25, 0.3) is 0 Å². The average Bonchev–Trinajstić information content (AvgIpc) is 2.03. The number of nitrogens with one attached hydrogen (secondary N) is 1. The average molecular weight is 213 g/mol. The number of carbonyl (C=O) groups excluding carboxylic acids is 1. The predicted octanol–water partition coefficient (Wildman–Crippen LogP) is 1.73. The fourth-order valence-corrected chi connectivity index (χ4v) is 0.385. The van der Waals surface area contributed by atoms with E-state index >= 15 is 0 Å². The maximum Gasteiger partial charge on any atom is 0.330 e. The second kappa shape index (κ2) is 7.79. The van der Waals surface area contributed by atoms with Crippen molar-refractivity contribution in [3.05, 3.63) is 24.3 Å². The summed E-state index contributed by atoms with van der Waals surface area (Å²) in [5, 5.41) is 10.6. The van der Waals surface area contributed by atoms with Crippen LogP contribution in [0.25, 0.3) is 0 Å².